The summed E-state index contributed by atoms with van der Waals surface area (Å²) in [5.41, 5.74) is 18.5. The molecule has 3 heteroatoms. The number of nitrogens with zero attached hydrogens (tertiary/aromatic N) is 2. The number of allylic oxidation sites excluding steroid dienone is 2. The Bertz CT molecular complexity index is 874. The van der Waals surface area contributed by atoms with Crippen LogP contribution in [0.3, 0.4) is 0 Å². The molecule has 2 aromatic carbocycles. The van der Waals surface area contributed by atoms with Crippen LogP contribution < -0.4 is 0 Å². The van der Waals surface area contributed by atoms with Gasteiger partial charge in [-0.15, -0.1) is 0 Å². The van der Waals surface area contributed by atoms with Gasteiger partial charge in [0.25, 0.3) is 0 Å². The quantitative estimate of drug-likeness (QED) is 0.260. The minimum atomic E-state index is 0.847. The molecule has 164 valence electrons. The van der Waals surface area contributed by atoms with Crippen LogP contribution in [0.1, 0.15) is 68.7 Å². The standard InChI is InChI=1S/C25H30N2.2CH3.Pd/c1-4-6-8-20-10-14-22(15-11-20)24-18-19(3)25(27(24)26)23-16-12-21(13-17-23)9-7-5-2;;;/h10-18H,4-9H2,1-3H3;2*1H3;. The van der Waals surface area contributed by atoms with Crippen LogP contribution in [0.4, 0.5) is 0 Å². The normalized spacial score (nSPS) is 13.4. The maximum atomic E-state index is 10.9. The third-order valence-corrected chi connectivity index (χ3v) is 5.28. The molecule has 2 nitrogen and oxygen atoms in total. The summed E-state index contributed by atoms with van der Waals surface area (Å²) in [6.07, 6.45) is 9.15. The van der Waals surface area contributed by atoms with E-state index in [9.17, 15) is 5.53 Å². The van der Waals surface area contributed by atoms with E-state index >= 15 is 0 Å². The summed E-state index contributed by atoms with van der Waals surface area (Å²) in [5.74, 6) is 0. The first-order valence-electron chi connectivity index (χ1n) is 10.9. The molecule has 30 heavy (non-hydrogen) atoms. The van der Waals surface area contributed by atoms with Gasteiger partial charge in [-0.1, -0.05) is 51.0 Å². The summed E-state index contributed by atoms with van der Waals surface area (Å²) in [7, 11) is 0. The van der Waals surface area contributed by atoms with Crippen molar-refractivity contribution in [2.45, 2.75) is 70.1 Å². The monoisotopic (exact) mass is 494 g/mol. The molecule has 1 heterocycles. The summed E-state index contributed by atoms with van der Waals surface area (Å²) in [4.78, 5) is 0. The molecular formula is C27H36N2Pd. The number of hydrogen-bond donors (Lipinski definition) is 0. The van der Waals surface area contributed by atoms with Gasteiger partial charge in [-0.25, -0.2) is 4.70 Å². The topological polar surface area (TPSA) is 25.3 Å². The molecule has 0 N–H and O–H groups in total. The maximum absolute atomic E-state index is 10.9. The first kappa shape index (κ1) is 24.5. The zero-order chi connectivity index (χ0) is 21.9. The molecular weight excluding hydrogens is 459 g/mol. The zero-order valence-electron chi connectivity index (χ0n) is 19.1. The van der Waals surface area contributed by atoms with Crippen molar-refractivity contribution < 1.29 is 22.7 Å². The minimum absolute atomic E-state index is 0.847. The predicted molar refractivity (Wildman–Crippen MR) is 126 cm³/mol. The molecule has 0 amide bonds. The second-order valence-corrected chi connectivity index (χ2v) is 9.34. The number of aryl methyl sites for hydroxylation is 2. The molecule has 3 rings (SSSR count). The molecule has 0 saturated carbocycles. The molecule has 0 spiro atoms. The van der Waals surface area contributed by atoms with E-state index in [1.807, 2.05) is 0 Å². The number of rotatable bonds is 8. The average Bonchev–Trinajstić information content (AvgIpc) is 3.06. The van der Waals surface area contributed by atoms with E-state index in [0.717, 1.165) is 58.9 Å². The number of hydrogen-bond acceptors (Lipinski definition) is 0. The van der Waals surface area contributed by atoms with E-state index in [1.165, 1.54) is 41.5 Å². The molecule has 0 fully saturated rings. The van der Waals surface area contributed by atoms with Crippen LogP contribution in [0, 0.1) is 0 Å². The van der Waals surface area contributed by atoms with Crippen LogP contribution in [0.15, 0.2) is 60.2 Å². The number of benzene rings is 2. The molecule has 0 aliphatic carbocycles. The molecule has 0 radical (unpaired) electrons. The molecule has 0 aromatic heterocycles. The van der Waals surface area contributed by atoms with Crippen LogP contribution in [0.25, 0.3) is 16.9 Å². The van der Waals surface area contributed by atoms with E-state index in [0.29, 0.717) is 0 Å². The van der Waals surface area contributed by atoms with E-state index in [1.54, 1.807) is 0 Å². The van der Waals surface area contributed by atoms with Crippen LogP contribution in [-0.2, 0) is 30.8 Å². The van der Waals surface area contributed by atoms with Crippen molar-refractivity contribution in [1.29, 1.82) is 0 Å². The Morgan fingerprint density at radius 1 is 0.767 bits per heavy atom. The first-order chi connectivity index (χ1) is 14.5. The van der Waals surface area contributed by atoms with Gasteiger partial charge < -0.3 is 5.53 Å². The third-order valence-electron chi connectivity index (χ3n) is 5.28. The Hall–Kier alpha value is -1.82. The molecule has 0 saturated heterocycles. The van der Waals surface area contributed by atoms with Crippen molar-refractivity contribution in [3.8, 4) is 0 Å². The fourth-order valence-corrected chi connectivity index (χ4v) is 3.61. The average molecular weight is 495 g/mol. The number of unbranched alkanes of at least 4 members (excludes halogenated alkanes) is 2. The summed E-state index contributed by atoms with van der Waals surface area (Å²) in [6.45, 7) is 6.49. The second-order valence-electron chi connectivity index (χ2n) is 7.79. The van der Waals surface area contributed by atoms with E-state index in [2.05, 4.69) is 86.2 Å². The fourth-order valence-electron chi connectivity index (χ4n) is 3.61. The van der Waals surface area contributed by atoms with Crippen LogP contribution in [0.5, 0.6) is 0 Å². The SMILES string of the molecule is CCCCc1ccc(C2=CC(C)=C(c3ccc(CCCC)cc3)[N+]2=[N-])cc1.[CH3][Pd][CH3]. The van der Waals surface area contributed by atoms with Crippen molar-refractivity contribution in [2.24, 2.45) is 0 Å². The van der Waals surface area contributed by atoms with Gasteiger partial charge in [0.15, 0.2) is 0 Å². The molecule has 2 aromatic rings. The molecule has 0 atom stereocenters. The van der Waals surface area contributed by atoms with Crippen molar-refractivity contribution in [1.82, 2.24) is 0 Å². The van der Waals surface area contributed by atoms with Gasteiger partial charge >= 0.3 is 28.8 Å². The van der Waals surface area contributed by atoms with Crippen molar-refractivity contribution in [3.05, 3.63) is 88.0 Å². The molecule has 0 bridgehead atoms. The molecule has 1 aliphatic rings. The Morgan fingerprint density at radius 2 is 1.20 bits per heavy atom. The predicted octanol–water partition coefficient (Wildman–Crippen LogP) is 8.36. The van der Waals surface area contributed by atoms with Gasteiger partial charge in [0.2, 0.25) is 11.4 Å². The third kappa shape index (κ3) is 6.59. The van der Waals surface area contributed by atoms with Gasteiger partial charge in [-0.2, -0.15) is 0 Å². The summed E-state index contributed by atoms with van der Waals surface area (Å²) in [6, 6.07) is 17.2. The summed E-state index contributed by atoms with van der Waals surface area (Å²) < 4.78 is 1.34. The van der Waals surface area contributed by atoms with Crippen molar-refractivity contribution in [3.63, 3.8) is 0 Å². The van der Waals surface area contributed by atoms with Crippen LogP contribution in [-0.4, -0.2) is 4.70 Å². The van der Waals surface area contributed by atoms with Gasteiger partial charge in [0.1, 0.15) is 0 Å². The van der Waals surface area contributed by atoms with Crippen molar-refractivity contribution >= 4 is 11.4 Å². The Labute approximate surface area is 191 Å². The molecule has 1 aliphatic heterocycles. The van der Waals surface area contributed by atoms with E-state index < -0.39 is 0 Å². The van der Waals surface area contributed by atoms with Crippen LogP contribution >= 0.6 is 0 Å². The summed E-state index contributed by atoms with van der Waals surface area (Å²) >= 11 is 0.950. The Balaban J connectivity index is 0.00000101. The first-order valence-corrected chi connectivity index (χ1v) is 14.0. The van der Waals surface area contributed by atoms with Crippen molar-refractivity contribution in [2.75, 3.05) is 0 Å². The zero-order valence-corrected chi connectivity index (χ0v) is 20.7. The van der Waals surface area contributed by atoms with Crippen LogP contribution in [0.2, 0.25) is 10.8 Å². The van der Waals surface area contributed by atoms with Gasteiger partial charge in [0.05, 0.1) is 0 Å². The van der Waals surface area contributed by atoms with Gasteiger partial charge in [-0.05, 0) is 68.0 Å². The summed E-state index contributed by atoms with van der Waals surface area (Å²) in [5, 5.41) is 4.35. The molecule has 0 unspecified atom stereocenters. The fraction of sp³-hybridized carbons (Fsp3) is 0.407. The van der Waals surface area contributed by atoms with E-state index in [-0.39, 0.29) is 0 Å². The van der Waals surface area contributed by atoms with Gasteiger partial charge in [0, 0.05) is 22.8 Å². The second kappa shape index (κ2) is 12.8. The Kier molecular flexibility index (Phi) is 10.4. The van der Waals surface area contributed by atoms with E-state index in [4.69, 9.17) is 0 Å². The van der Waals surface area contributed by atoms with Gasteiger partial charge in [-0.3, -0.25) is 0 Å². The Morgan fingerprint density at radius 3 is 1.63 bits per heavy atom.